The van der Waals surface area contributed by atoms with E-state index in [1.807, 2.05) is 37.3 Å². The molecule has 0 spiro atoms. The smallest absolute Gasteiger partial charge is 0.251 e. The number of thiocarbonyl (C=S) groups is 1. The van der Waals surface area contributed by atoms with Gasteiger partial charge in [0.15, 0.2) is 16.6 Å². The summed E-state index contributed by atoms with van der Waals surface area (Å²) in [7, 11) is 3.25. The van der Waals surface area contributed by atoms with Gasteiger partial charge in [0.25, 0.3) is 5.91 Å². The van der Waals surface area contributed by atoms with E-state index in [0.717, 1.165) is 22.2 Å². The van der Waals surface area contributed by atoms with Crippen LogP contribution < -0.4 is 9.47 Å². The Kier molecular flexibility index (Phi) is 4.43. The maximum Gasteiger partial charge on any atom is 0.251 e. The van der Waals surface area contributed by atoms with Gasteiger partial charge >= 0.3 is 0 Å². The second-order valence-electron chi connectivity index (χ2n) is 7.57. The zero-order valence-electron chi connectivity index (χ0n) is 17.1. The summed E-state index contributed by atoms with van der Waals surface area (Å²) in [5.41, 5.74) is 4.33. The molecule has 5 rings (SSSR count). The predicted molar refractivity (Wildman–Crippen MR) is 119 cm³/mol. The van der Waals surface area contributed by atoms with Crippen LogP contribution in [0.15, 0.2) is 42.5 Å². The summed E-state index contributed by atoms with van der Waals surface area (Å²) in [6.07, 6.45) is 0.638. The normalized spacial score (nSPS) is 20.5. The summed E-state index contributed by atoms with van der Waals surface area (Å²) in [5, 5.41) is 1.74. The van der Waals surface area contributed by atoms with Crippen molar-refractivity contribution in [1.82, 2.24) is 14.8 Å². The minimum absolute atomic E-state index is 0.0731. The van der Waals surface area contributed by atoms with Crippen LogP contribution in [0.4, 0.5) is 0 Å². The molecular weight excluding hydrogens is 398 g/mol. The van der Waals surface area contributed by atoms with Crippen molar-refractivity contribution in [3.05, 3.63) is 59.3 Å². The van der Waals surface area contributed by atoms with E-state index >= 15 is 0 Å². The van der Waals surface area contributed by atoms with Gasteiger partial charge < -0.3 is 19.4 Å². The van der Waals surface area contributed by atoms with Crippen LogP contribution in [0.1, 0.15) is 29.8 Å². The molecule has 3 heterocycles. The number of para-hydroxylation sites is 1. The number of carbonyl (C=O) groups excluding carboxylic acids is 1. The number of nitrogens with one attached hydrogen (secondary N) is 1. The number of aromatic amines is 1. The first-order valence-corrected chi connectivity index (χ1v) is 10.4. The van der Waals surface area contributed by atoms with E-state index in [9.17, 15) is 4.79 Å². The van der Waals surface area contributed by atoms with Gasteiger partial charge in [0, 0.05) is 29.6 Å². The Morgan fingerprint density at radius 2 is 1.90 bits per heavy atom. The van der Waals surface area contributed by atoms with Crippen LogP contribution in [0.5, 0.6) is 11.5 Å². The van der Waals surface area contributed by atoms with Crippen molar-refractivity contribution in [3.8, 4) is 11.5 Å². The lowest BCUT2D eigenvalue weighted by Crippen LogP contribution is -2.44. The molecule has 2 aliphatic rings. The number of aromatic nitrogens is 1. The second-order valence-corrected chi connectivity index (χ2v) is 7.94. The number of ether oxygens (including phenoxy) is 2. The van der Waals surface area contributed by atoms with Crippen LogP contribution in [-0.2, 0) is 11.2 Å². The largest absolute Gasteiger partial charge is 0.493 e. The van der Waals surface area contributed by atoms with Gasteiger partial charge in [-0.25, -0.2) is 0 Å². The van der Waals surface area contributed by atoms with Crippen LogP contribution in [0, 0.1) is 0 Å². The zero-order chi connectivity index (χ0) is 21.0. The van der Waals surface area contributed by atoms with Crippen molar-refractivity contribution < 1.29 is 14.3 Å². The minimum atomic E-state index is -0.303. The molecule has 2 aliphatic heterocycles. The van der Waals surface area contributed by atoms with E-state index in [2.05, 4.69) is 22.0 Å². The number of hydrogen-bond donors (Lipinski definition) is 1. The number of carbonyl (C=O) groups is 1. The molecule has 2 atom stereocenters. The summed E-state index contributed by atoms with van der Waals surface area (Å²) < 4.78 is 11.0. The zero-order valence-corrected chi connectivity index (χ0v) is 18.0. The summed E-state index contributed by atoms with van der Waals surface area (Å²) >= 11 is 5.77. The average molecular weight is 422 g/mol. The Hall–Kier alpha value is -3.06. The van der Waals surface area contributed by atoms with E-state index < -0.39 is 0 Å². The third-order valence-corrected chi connectivity index (χ3v) is 6.61. The molecule has 1 aromatic heterocycles. The summed E-state index contributed by atoms with van der Waals surface area (Å²) in [6.45, 7) is 2.53. The average Bonchev–Trinajstić information content (AvgIpc) is 3.26. The monoisotopic (exact) mass is 421 g/mol. The molecule has 1 N–H and O–H groups in total. The first kappa shape index (κ1) is 18.9. The number of benzene rings is 2. The van der Waals surface area contributed by atoms with Crippen LogP contribution in [0.2, 0.25) is 0 Å². The maximum absolute atomic E-state index is 13.2. The van der Waals surface area contributed by atoms with Gasteiger partial charge in [-0.1, -0.05) is 24.3 Å². The number of amides is 1. The van der Waals surface area contributed by atoms with Crippen LogP contribution in [0.3, 0.4) is 0 Å². The highest BCUT2D eigenvalue weighted by atomic mass is 32.1. The van der Waals surface area contributed by atoms with Gasteiger partial charge in [0.05, 0.1) is 20.3 Å². The molecule has 2 unspecified atom stereocenters. The first-order valence-electron chi connectivity index (χ1n) is 10.0. The van der Waals surface area contributed by atoms with Gasteiger partial charge in [0.2, 0.25) is 0 Å². The highest BCUT2D eigenvalue weighted by Crippen LogP contribution is 2.45. The Bertz CT molecular complexity index is 1170. The topological polar surface area (TPSA) is 57.8 Å². The van der Waals surface area contributed by atoms with Crippen molar-refractivity contribution in [2.24, 2.45) is 0 Å². The summed E-state index contributed by atoms with van der Waals surface area (Å²) in [6, 6.07) is 13.6. The molecule has 7 heteroatoms. The molecule has 6 nitrogen and oxygen atoms in total. The van der Waals surface area contributed by atoms with Gasteiger partial charge in [-0.3, -0.25) is 9.69 Å². The maximum atomic E-state index is 13.2. The fourth-order valence-electron chi connectivity index (χ4n) is 4.79. The molecule has 3 aromatic rings. The molecule has 30 heavy (non-hydrogen) atoms. The van der Waals surface area contributed by atoms with Crippen molar-refractivity contribution in [1.29, 1.82) is 0 Å². The van der Waals surface area contributed by atoms with Gasteiger partial charge in [0.1, 0.15) is 6.04 Å². The number of fused-ring (bicyclic) bond motifs is 4. The van der Waals surface area contributed by atoms with E-state index in [0.29, 0.717) is 29.6 Å². The number of methoxy groups -OCH3 is 2. The second kappa shape index (κ2) is 7.02. The fourth-order valence-corrected chi connectivity index (χ4v) is 5.24. The number of hydrogen-bond acceptors (Lipinski definition) is 4. The molecular formula is C23H23N3O3S. The molecule has 0 radical (unpaired) electrons. The van der Waals surface area contributed by atoms with E-state index in [4.69, 9.17) is 21.7 Å². The third-order valence-electron chi connectivity index (χ3n) is 6.17. The lowest BCUT2D eigenvalue weighted by molar-refractivity contribution is -0.128. The van der Waals surface area contributed by atoms with Crippen molar-refractivity contribution in [2.75, 3.05) is 20.8 Å². The lowest BCUT2D eigenvalue weighted by atomic mass is 9.89. The van der Waals surface area contributed by atoms with Crippen LogP contribution in [0.25, 0.3) is 10.9 Å². The molecule has 0 bridgehead atoms. The number of rotatable bonds is 4. The van der Waals surface area contributed by atoms with E-state index in [-0.39, 0.29) is 18.0 Å². The fraction of sp³-hybridized carbons (Fsp3) is 0.304. The van der Waals surface area contributed by atoms with Crippen molar-refractivity contribution in [3.63, 3.8) is 0 Å². The predicted octanol–water partition coefficient (Wildman–Crippen LogP) is 3.65. The molecule has 154 valence electrons. The SMILES string of the molecule is CCN1C(=O)C2Cc3c([nH]c4ccccc34)C(c3ccc(OC)c(OC)c3)N2C1=S. The lowest BCUT2D eigenvalue weighted by Gasteiger charge is -2.37. The molecule has 1 amide bonds. The quantitative estimate of drug-likeness (QED) is 0.652. The van der Waals surface area contributed by atoms with Gasteiger partial charge in [-0.15, -0.1) is 0 Å². The number of H-pyrrole nitrogens is 1. The van der Waals surface area contributed by atoms with E-state index in [1.165, 1.54) is 5.56 Å². The first-order chi connectivity index (χ1) is 14.6. The summed E-state index contributed by atoms with van der Waals surface area (Å²) in [4.78, 5) is 20.6. The highest BCUT2D eigenvalue weighted by molar-refractivity contribution is 7.80. The Labute approximate surface area is 180 Å². The molecule has 0 saturated carbocycles. The highest BCUT2D eigenvalue weighted by Gasteiger charge is 2.50. The van der Waals surface area contributed by atoms with Gasteiger partial charge in [-0.05, 0) is 48.5 Å². The van der Waals surface area contributed by atoms with Crippen molar-refractivity contribution >= 4 is 34.1 Å². The Balaban J connectivity index is 1.74. The molecule has 2 aromatic carbocycles. The van der Waals surface area contributed by atoms with Gasteiger partial charge in [-0.2, -0.15) is 0 Å². The standard InChI is InChI=1S/C23H23N3O3S/c1-4-25-22(27)17-12-15-14-7-5-6-8-16(14)24-20(15)21(26(17)23(25)30)13-9-10-18(28-2)19(11-13)29-3/h5-11,17,21,24H,4,12H2,1-3H3. The van der Waals surface area contributed by atoms with Crippen LogP contribution >= 0.6 is 12.2 Å². The molecule has 0 aliphatic carbocycles. The molecule has 1 fully saturated rings. The van der Waals surface area contributed by atoms with Crippen molar-refractivity contribution in [2.45, 2.75) is 25.4 Å². The minimum Gasteiger partial charge on any atom is -0.493 e. The van der Waals surface area contributed by atoms with E-state index in [1.54, 1.807) is 19.1 Å². The molecule has 1 saturated heterocycles. The Morgan fingerprint density at radius 1 is 1.13 bits per heavy atom. The number of nitrogens with zero attached hydrogens (tertiary/aromatic N) is 2. The number of likely N-dealkylation sites (N-methyl/N-ethyl adjacent to an activating group) is 1. The Morgan fingerprint density at radius 3 is 2.63 bits per heavy atom. The third kappa shape index (κ3) is 2.55. The summed E-state index contributed by atoms with van der Waals surface area (Å²) in [5.74, 6) is 1.39. The van der Waals surface area contributed by atoms with Crippen LogP contribution in [-0.4, -0.2) is 52.6 Å².